The van der Waals surface area contributed by atoms with Crippen LogP contribution in [0.15, 0.2) is 47.4 Å². The maximum absolute atomic E-state index is 12.5. The lowest BCUT2D eigenvalue weighted by atomic mass is 10.1. The van der Waals surface area contributed by atoms with Gasteiger partial charge in [-0.05, 0) is 36.8 Å². The highest BCUT2D eigenvalue weighted by Gasteiger charge is 2.18. The van der Waals surface area contributed by atoms with E-state index >= 15 is 0 Å². The first-order chi connectivity index (χ1) is 9.96. The first kappa shape index (κ1) is 15.5. The van der Waals surface area contributed by atoms with Gasteiger partial charge in [-0.1, -0.05) is 23.8 Å². The number of methoxy groups -OCH3 is 1. The monoisotopic (exact) mass is 305 g/mol. The van der Waals surface area contributed by atoms with Gasteiger partial charge in [-0.3, -0.25) is 0 Å². The Morgan fingerprint density at radius 1 is 1.10 bits per heavy atom. The van der Waals surface area contributed by atoms with Gasteiger partial charge in [-0.25, -0.2) is 8.42 Å². The molecular formula is C16H19NO3S. The Balaban J connectivity index is 2.38. The van der Waals surface area contributed by atoms with E-state index in [1.807, 2.05) is 13.0 Å². The van der Waals surface area contributed by atoms with Crippen molar-refractivity contribution in [2.75, 3.05) is 7.11 Å². The summed E-state index contributed by atoms with van der Waals surface area (Å²) < 4.78 is 30.2. The molecule has 0 bridgehead atoms. The van der Waals surface area contributed by atoms with E-state index in [2.05, 4.69) is 0 Å². The summed E-state index contributed by atoms with van der Waals surface area (Å²) in [5, 5.41) is 0. The standard InChI is InChI=1S/C16H19NO3S/c1-12-3-6-15(7-4-12)21(18,19)11-14-9-13(10-17)5-8-16(14)20-2/h3-9H,10-11,17H2,1-2H3. The normalized spacial score (nSPS) is 11.4. The van der Waals surface area contributed by atoms with Crippen molar-refractivity contribution in [1.82, 2.24) is 0 Å². The Kier molecular flexibility index (Phi) is 4.65. The molecule has 0 aliphatic carbocycles. The van der Waals surface area contributed by atoms with E-state index in [1.165, 1.54) is 7.11 Å². The molecule has 4 nitrogen and oxygen atoms in total. The third-order valence-electron chi connectivity index (χ3n) is 3.31. The summed E-state index contributed by atoms with van der Waals surface area (Å²) in [6.07, 6.45) is 0. The minimum Gasteiger partial charge on any atom is -0.496 e. The van der Waals surface area contributed by atoms with E-state index in [1.54, 1.807) is 36.4 Å². The van der Waals surface area contributed by atoms with Gasteiger partial charge in [0.2, 0.25) is 0 Å². The first-order valence-electron chi connectivity index (χ1n) is 6.61. The molecule has 0 aliphatic rings. The fourth-order valence-corrected chi connectivity index (χ4v) is 3.46. The van der Waals surface area contributed by atoms with Crippen LogP contribution in [-0.4, -0.2) is 15.5 Å². The molecule has 21 heavy (non-hydrogen) atoms. The topological polar surface area (TPSA) is 69.4 Å². The average Bonchev–Trinajstić information content (AvgIpc) is 2.47. The number of ether oxygens (including phenoxy) is 1. The lowest BCUT2D eigenvalue weighted by molar-refractivity contribution is 0.411. The Hall–Kier alpha value is -1.85. The smallest absolute Gasteiger partial charge is 0.182 e. The maximum atomic E-state index is 12.5. The van der Waals surface area contributed by atoms with E-state index in [9.17, 15) is 8.42 Å². The van der Waals surface area contributed by atoms with Gasteiger partial charge in [0.05, 0.1) is 17.8 Å². The van der Waals surface area contributed by atoms with Crippen molar-refractivity contribution in [3.05, 3.63) is 59.2 Å². The van der Waals surface area contributed by atoms with Crippen LogP contribution in [0.3, 0.4) is 0 Å². The van der Waals surface area contributed by atoms with Crippen molar-refractivity contribution in [3.63, 3.8) is 0 Å². The van der Waals surface area contributed by atoms with Gasteiger partial charge in [0.25, 0.3) is 0 Å². The predicted molar refractivity (Wildman–Crippen MR) is 83.0 cm³/mol. The van der Waals surface area contributed by atoms with Crippen molar-refractivity contribution in [2.45, 2.75) is 24.1 Å². The molecule has 0 unspecified atom stereocenters. The molecule has 0 fully saturated rings. The zero-order valence-corrected chi connectivity index (χ0v) is 13.0. The van der Waals surface area contributed by atoms with Crippen LogP contribution in [0.25, 0.3) is 0 Å². The van der Waals surface area contributed by atoms with Crippen LogP contribution < -0.4 is 10.5 Å². The Labute approximate surface area is 125 Å². The largest absolute Gasteiger partial charge is 0.496 e. The summed E-state index contributed by atoms with van der Waals surface area (Å²) in [6, 6.07) is 12.2. The lowest BCUT2D eigenvalue weighted by Crippen LogP contribution is -2.07. The molecule has 0 aromatic heterocycles. The highest BCUT2D eigenvalue weighted by atomic mass is 32.2. The van der Waals surface area contributed by atoms with Gasteiger partial charge < -0.3 is 10.5 Å². The fraction of sp³-hybridized carbons (Fsp3) is 0.250. The molecule has 0 aliphatic heterocycles. The van der Waals surface area contributed by atoms with Crippen LogP contribution in [0, 0.1) is 6.92 Å². The van der Waals surface area contributed by atoms with E-state index < -0.39 is 9.84 Å². The van der Waals surface area contributed by atoms with Gasteiger partial charge in [0.15, 0.2) is 9.84 Å². The summed E-state index contributed by atoms with van der Waals surface area (Å²) in [7, 11) is -1.88. The second kappa shape index (κ2) is 6.28. The van der Waals surface area contributed by atoms with Crippen LogP contribution >= 0.6 is 0 Å². The van der Waals surface area contributed by atoms with E-state index in [0.717, 1.165) is 11.1 Å². The number of nitrogens with two attached hydrogens (primary N) is 1. The number of sulfone groups is 1. The van der Waals surface area contributed by atoms with Crippen LogP contribution in [0.5, 0.6) is 5.75 Å². The Morgan fingerprint density at radius 2 is 1.76 bits per heavy atom. The molecule has 2 aromatic carbocycles. The molecular weight excluding hydrogens is 286 g/mol. The first-order valence-corrected chi connectivity index (χ1v) is 8.27. The van der Waals surface area contributed by atoms with Crippen LogP contribution in [0.1, 0.15) is 16.7 Å². The van der Waals surface area contributed by atoms with Gasteiger partial charge >= 0.3 is 0 Å². The van der Waals surface area contributed by atoms with Crippen molar-refractivity contribution in [3.8, 4) is 5.75 Å². The second-order valence-corrected chi connectivity index (χ2v) is 6.91. The number of hydrogen-bond donors (Lipinski definition) is 1. The number of hydrogen-bond acceptors (Lipinski definition) is 4. The molecule has 112 valence electrons. The van der Waals surface area contributed by atoms with Crippen molar-refractivity contribution >= 4 is 9.84 Å². The molecule has 2 rings (SSSR count). The quantitative estimate of drug-likeness (QED) is 0.921. The zero-order valence-electron chi connectivity index (χ0n) is 12.2. The minimum atomic E-state index is -3.41. The van der Waals surface area contributed by atoms with Crippen LogP contribution in [0.2, 0.25) is 0 Å². The SMILES string of the molecule is COc1ccc(CN)cc1CS(=O)(=O)c1ccc(C)cc1. The number of aryl methyl sites for hydroxylation is 1. The summed E-state index contributed by atoms with van der Waals surface area (Å²) in [6.45, 7) is 2.28. The molecule has 0 saturated carbocycles. The molecule has 0 saturated heterocycles. The molecule has 2 N–H and O–H groups in total. The number of benzene rings is 2. The summed E-state index contributed by atoms with van der Waals surface area (Å²) in [4.78, 5) is 0.313. The van der Waals surface area contributed by atoms with Crippen molar-refractivity contribution in [1.29, 1.82) is 0 Å². The van der Waals surface area contributed by atoms with Gasteiger partial charge in [-0.15, -0.1) is 0 Å². The average molecular weight is 305 g/mol. The summed E-state index contributed by atoms with van der Waals surface area (Å²) >= 11 is 0. The summed E-state index contributed by atoms with van der Waals surface area (Å²) in [5.74, 6) is 0.454. The maximum Gasteiger partial charge on any atom is 0.182 e. The van der Waals surface area contributed by atoms with E-state index in [0.29, 0.717) is 22.8 Å². The fourth-order valence-electron chi connectivity index (χ4n) is 2.11. The van der Waals surface area contributed by atoms with Gasteiger partial charge in [-0.2, -0.15) is 0 Å². The van der Waals surface area contributed by atoms with E-state index in [-0.39, 0.29) is 5.75 Å². The Morgan fingerprint density at radius 3 is 2.33 bits per heavy atom. The summed E-state index contributed by atoms with van der Waals surface area (Å²) in [5.41, 5.74) is 8.14. The second-order valence-electron chi connectivity index (χ2n) is 4.92. The Bertz CT molecular complexity index is 722. The highest BCUT2D eigenvalue weighted by molar-refractivity contribution is 7.90. The van der Waals surface area contributed by atoms with Crippen LogP contribution in [-0.2, 0) is 22.1 Å². The third-order valence-corrected chi connectivity index (χ3v) is 4.99. The number of rotatable bonds is 5. The molecule has 0 heterocycles. The molecule has 5 heteroatoms. The molecule has 0 atom stereocenters. The minimum absolute atomic E-state index is 0.104. The highest BCUT2D eigenvalue weighted by Crippen LogP contribution is 2.25. The third kappa shape index (κ3) is 3.62. The van der Waals surface area contributed by atoms with E-state index in [4.69, 9.17) is 10.5 Å². The molecule has 0 radical (unpaired) electrons. The van der Waals surface area contributed by atoms with Crippen LogP contribution in [0.4, 0.5) is 0 Å². The van der Waals surface area contributed by atoms with Crippen molar-refractivity contribution in [2.24, 2.45) is 5.73 Å². The molecule has 0 spiro atoms. The van der Waals surface area contributed by atoms with Gasteiger partial charge in [0.1, 0.15) is 5.75 Å². The predicted octanol–water partition coefficient (Wildman–Crippen LogP) is 2.44. The zero-order chi connectivity index (χ0) is 15.5. The molecule has 2 aromatic rings. The van der Waals surface area contributed by atoms with Gasteiger partial charge in [0, 0.05) is 12.1 Å². The van der Waals surface area contributed by atoms with Crippen molar-refractivity contribution < 1.29 is 13.2 Å². The lowest BCUT2D eigenvalue weighted by Gasteiger charge is -2.11. The molecule has 0 amide bonds.